The number of hydrogen-bond donors (Lipinski definition) is 2. The number of carbonyl (C=O) groups excluding carboxylic acids is 1. The third-order valence-corrected chi connectivity index (χ3v) is 3.78. The highest BCUT2D eigenvalue weighted by atomic mass is 19.1. The zero-order valence-corrected chi connectivity index (χ0v) is 12.4. The first-order valence-electron chi connectivity index (χ1n) is 7.15. The lowest BCUT2D eigenvalue weighted by Gasteiger charge is -2.35. The number of carbonyl (C=O) groups is 1. The van der Waals surface area contributed by atoms with Gasteiger partial charge in [0.1, 0.15) is 5.82 Å². The van der Waals surface area contributed by atoms with Gasteiger partial charge in [0.15, 0.2) is 0 Å². The van der Waals surface area contributed by atoms with E-state index in [-0.39, 0.29) is 23.7 Å². The Hall–Kier alpha value is -1.42. The van der Waals surface area contributed by atoms with Crippen molar-refractivity contribution in [1.82, 2.24) is 10.6 Å². The van der Waals surface area contributed by atoms with Gasteiger partial charge in [0.2, 0.25) is 5.91 Å². The van der Waals surface area contributed by atoms with Crippen molar-refractivity contribution in [3.8, 4) is 0 Å². The summed E-state index contributed by atoms with van der Waals surface area (Å²) in [6, 6.07) is 6.67. The molecule has 0 aliphatic carbocycles. The minimum Gasteiger partial charge on any atom is -0.351 e. The Kier molecular flexibility index (Phi) is 4.43. The van der Waals surface area contributed by atoms with Crippen LogP contribution in [0.1, 0.15) is 38.7 Å². The minimum absolute atomic E-state index is 0.0540. The Balaban J connectivity index is 2.13. The van der Waals surface area contributed by atoms with Gasteiger partial charge in [-0.2, -0.15) is 0 Å². The van der Waals surface area contributed by atoms with E-state index < -0.39 is 5.41 Å². The van der Waals surface area contributed by atoms with E-state index >= 15 is 0 Å². The zero-order chi connectivity index (χ0) is 14.8. The molecule has 2 unspecified atom stereocenters. The molecular weight excluding hydrogens is 255 g/mol. The van der Waals surface area contributed by atoms with Crippen LogP contribution >= 0.6 is 0 Å². The van der Waals surface area contributed by atoms with Crippen molar-refractivity contribution in [2.45, 2.75) is 39.2 Å². The average Bonchev–Trinajstić information content (AvgIpc) is 2.39. The van der Waals surface area contributed by atoms with Gasteiger partial charge in [-0.25, -0.2) is 4.39 Å². The normalized spacial score (nSPS) is 23.4. The molecule has 1 aromatic carbocycles. The Morgan fingerprint density at radius 3 is 2.55 bits per heavy atom. The SMILES string of the molecule is CC(C)(C)C(=O)NC1CNCCC1c1ccc(F)cc1. The van der Waals surface area contributed by atoms with Crippen LogP contribution in [0.25, 0.3) is 0 Å². The molecule has 0 saturated carbocycles. The Morgan fingerprint density at radius 1 is 1.30 bits per heavy atom. The lowest BCUT2D eigenvalue weighted by atomic mass is 9.85. The third kappa shape index (κ3) is 3.57. The molecule has 0 spiro atoms. The highest BCUT2D eigenvalue weighted by molar-refractivity contribution is 5.81. The third-order valence-electron chi connectivity index (χ3n) is 3.78. The van der Waals surface area contributed by atoms with Gasteiger partial charge in [-0.15, -0.1) is 0 Å². The number of benzene rings is 1. The van der Waals surface area contributed by atoms with Crippen molar-refractivity contribution in [3.63, 3.8) is 0 Å². The lowest BCUT2D eigenvalue weighted by molar-refractivity contribution is -0.129. The number of nitrogens with one attached hydrogen (secondary N) is 2. The first kappa shape index (κ1) is 15.0. The molecule has 0 radical (unpaired) electrons. The molecule has 110 valence electrons. The van der Waals surface area contributed by atoms with Crippen LogP contribution in [-0.4, -0.2) is 25.0 Å². The van der Waals surface area contributed by atoms with E-state index in [9.17, 15) is 9.18 Å². The number of rotatable bonds is 2. The Morgan fingerprint density at radius 2 is 1.95 bits per heavy atom. The number of halogens is 1. The molecule has 1 fully saturated rings. The van der Waals surface area contributed by atoms with Gasteiger partial charge in [-0.3, -0.25) is 4.79 Å². The van der Waals surface area contributed by atoms with Crippen molar-refractivity contribution in [2.75, 3.05) is 13.1 Å². The number of amides is 1. The first-order valence-corrected chi connectivity index (χ1v) is 7.15. The second-order valence-electron chi connectivity index (χ2n) is 6.48. The summed E-state index contributed by atoms with van der Waals surface area (Å²) < 4.78 is 13.0. The Labute approximate surface area is 120 Å². The molecule has 2 rings (SSSR count). The fraction of sp³-hybridized carbons (Fsp3) is 0.562. The molecule has 1 heterocycles. The number of piperidine rings is 1. The van der Waals surface area contributed by atoms with Gasteiger partial charge in [-0.1, -0.05) is 32.9 Å². The predicted molar refractivity (Wildman–Crippen MR) is 78.0 cm³/mol. The monoisotopic (exact) mass is 278 g/mol. The molecule has 1 aliphatic rings. The lowest BCUT2D eigenvalue weighted by Crippen LogP contribution is -2.52. The van der Waals surface area contributed by atoms with Crippen molar-refractivity contribution in [2.24, 2.45) is 5.41 Å². The van der Waals surface area contributed by atoms with Gasteiger partial charge in [-0.05, 0) is 30.7 Å². The predicted octanol–water partition coefficient (Wildman–Crippen LogP) is 2.43. The van der Waals surface area contributed by atoms with Gasteiger partial charge in [0.25, 0.3) is 0 Å². The van der Waals surface area contributed by atoms with Crippen LogP contribution < -0.4 is 10.6 Å². The maximum Gasteiger partial charge on any atom is 0.225 e. The molecule has 1 aromatic rings. The molecule has 1 amide bonds. The fourth-order valence-electron chi connectivity index (χ4n) is 2.50. The van der Waals surface area contributed by atoms with Crippen LogP contribution in [-0.2, 0) is 4.79 Å². The van der Waals surface area contributed by atoms with E-state index in [1.807, 2.05) is 32.9 Å². The van der Waals surface area contributed by atoms with E-state index in [0.29, 0.717) is 0 Å². The van der Waals surface area contributed by atoms with Crippen molar-refractivity contribution >= 4 is 5.91 Å². The van der Waals surface area contributed by atoms with Gasteiger partial charge >= 0.3 is 0 Å². The molecule has 1 aliphatic heterocycles. The van der Waals surface area contributed by atoms with Gasteiger partial charge < -0.3 is 10.6 Å². The summed E-state index contributed by atoms with van der Waals surface area (Å²) >= 11 is 0. The zero-order valence-electron chi connectivity index (χ0n) is 12.4. The molecule has 2 N–H and O–H groups in total. The largest absolute Gasteiger partial charge is 0.351 e. The molecule has 0 bridgehead atoms. The van der Waals surface area contributed by atoms with Crippen LogP contribution in [0, 0.1) is 11.2 Å². The quantitative estimate of drug-likeness (QED) is 0.872. The van der Waals surface area contributed by atoms with Crippen LogP contribution in [0.3, 0.4) is 0 Å². The van der Waals surface area contributed by atoms with E-state index in [1.54, 1.807) is 0 Å². The first-order chi connectivity index (χ1) is 9.38. The Bertz CT molecular complexity index is 464. The van der Waals surface area contributed by atoms with Crippen molar-refractivity contribution < 1.29 is 9.18 Å². The van der Waals surface area contributed by atoms with Crippen LogP contribution in [0.5, 0.6) is 0 Å². The highest BCUT2D eigenvalue weighted by Crippen LogP contribution is 2.26. The molecule has 2 atom stereocenters. The van der Waals surface area contributed by atoms with Crippen LogP contribution in [0.2, 0.25) is 0 Å². The smallest absolute Gasteiger partial charge is 0.225 e. The second-order valence-corrected chi connectivity index (χ2v) is 6.48. The average molecular weight is 278 g/mol. The topological polar surface area (TPSA) is 41.1 Å². The molecule has 3 nitrogen and oxygen atoms in total. The summed E-state index contributed by atoms with van der Waals surface area (Å²) in [5.74, 6) is 0.0689. The summed E-state index contributed by atoms with van der Waals surface area (Å²) in [6.45, 7) is 7.40. The van der Waals surface area contributed by atoms with E-state index in [0.717, 1.165) is 25.1 Å². The summed E-state index contributed by atoms with van der Waals surface area (Å²) in [5.41, 5.74) is 0.692. The molecule has 0 aromatic heterocycles. The minimum atomic E-state index is -0.398. The van der Waals surface area contributed by atoms with E-state index in [1.165, 1.54) is 12.1 Å². The van der Waals surface area contributed by atoms with Crippen molar-refractivity contribution in [1.29, 1.82) is 0 Å². The van der Waals surface area contributed by atoms with Gasteiger partial charge in [0, 0.05) is 23.9 Å². The van der Waals surface area contributed by atoms with Gasteiger partial charge in [0.05, 0.1) is 0 Å². The molecular formula is C16H23FN2O. The fourth-order valence-corrected chi connectivity index (χ4v) is 2.50. The van der Waals surface area contributed by atoms with Crippen LogP contribution in [0.15, 0.2) is 24.3 Å². The molecule has 4 heteroatoms. The standard InChI is InChI=1S/C16H23FN2O/c1-16(2,3)15(20)19-14-10-18-9-8-13(14)11-4-6-12(17)7-5-11/h4-7,13-14,18H,8-10H2,1-3H3,(H,19,20). The summed E-state index contributed by atoms with van der Waals surface area (Å²) in [6.07, 6.45) is 0.945. The maximum absolute atomic E-state index is 13.0. The highest BCUT2D eigenvalue weighted by Gasteiger charge is 2.31. The van der Waals surface area contributed by atoms with E-state index in [2.05, 4.69) is 10.6 Å². The summed E-state index contributed by atoms with van der Waals surface area (Å²) in [5, 5.41) is 6.44. The van der Waals surface area contributed by atoms with E-state index in [4.69, 9.17) is 0 Å². The summed E-state index contributed by atoms with van der Waals surface area (Å²) in [7, 11) is 0. The summed E-state index contributed by atoms with van der Waals surface area (Å²) in [4.78, 5) is 12.2. The van der Waals surface area contributed by atoms with Crippen LogP contribution in [0.4, 0.5) is 4.39 Å². The molecule has 20 heavy (non-hydrogen) atoms. The van der Waals surface area contributed by atoms with Crippen molar-refractivity contribution in [3.05, 3.63) is 35.6 Å². The maximum atomic E-state index is 13.0. The molecule has 1 saturated heterocycles. The second kappa shape index (κ2) is 5.92. The number of hydrogen-bond acceptors (Lipinski definition) is 2.